The minimum atomic E-state index is 0.429. The van der Waals surface area contributed by atoms with E-state index in [1.807, 2.05) is 0 Å². The van der Waals surface area contributed by atoms with E-state index >= 15 is 0 Å². The Labute approximate surface area is 152 Å². The average Bonchev–Trinajstić information content (AvgIpc) is 2.70. The molecule has 2 aromatic carbocycles. The van der Waals surface area contributed by atoms with Gasteiger partial charge in [0.1, 0.15) is 0 Å². The van der Waals surface area contributed by atoms with Crippen LogP contribution >= 0.6 is 0 Å². The van der Waals surface area contributed by atoms with Crippen molar-refractivity contribution in [3.63, 3.8) is 0 Å². The van der Waals surface area contributed by atoms with E-state index in [1.54, 1.807) is 5.56 Å². The Bertz CT molecular complexity index is 656. The van der Waals surface area contributed by atoms with Gasteiger partial charge in [0.15, 0.2) is 0 Å². The number of hydrogen-bond acceptors (Lipinski definition) is 1. The third-order valence-corrected chi connectivity index (χ3v) is 6.47. The van der Waals surface area contributed by atoms with Gasteiger partial charge in [-0.15, -0.1) is 0 Å². The first-order valence-corrected chi connectivity index (χ1v) is 10.3. The highest BCUT2D eigenvalue weighted by atomic mass is 14.6. The van der Waals surface area contributed by atoms with Gasteiger partial charge in [0.2, 0.25) is 0 Å². The van der Waals surface area contributed by atoms with Crippen molar-refractivity contribution in [2.75, 3.05) is 0 Å². The summed E-state index contributed by atoms with van der Waals surface area (Å²) in [6, 6.07) is 19.1. The van der Waals surface area contributed by atoms with E-state index in [4.69, 9.17) is 5.73 Å². The summed E-state index contributed by atoms with van der Waals surface area (Å²) in [5.41, 5.74) is 11.8. The Morgan fingerprint density at radius 3 is 1.44 bits per heavy atom. The van der Waals surface area contributed by atoms with Gasteiger partial charge in [-0.1, -0.05) is 67.8 Å². The lowest BCUT2D eigenvalue weighted by Crippen LogP contribution is -2.25. The van der Waals surface area contributed by atoms with Crippen LogP contribution in [0.2, 0.25) is 0 Å². The summed E-state index contributed by atoms with van der Waals surface area (Å²) in [5, 5.41) is 0. The molecule has 132 valence electrons. The van der Waals surface area contributed by atoms with Crippen LogP contribution in [0, 0.1) is 0 Å². The van der Waals surface area contributed by atoms with E-state index in [0.717, 1.165) is 5.92 Å². The van der Waals surface area contributed by atoms with Crippen LogP contribution in [-0.2, 0) is 0 Å². The first-order chi connectivity index (χ1) is 12.3. The van der Waals surface area contributed by atoms with Crippen LogP contribution < -0.4 is 5.73 Å². The van der Waals surface area contributed by atoms with Crippen LogP contribution in [0.4, 0.5) is 0 Å². The quantitative estimate of drug-likeness (QED) is 0.692. The van der Waals surface area contributed by atoms with Gasteiger partial charge >= 0.3 is 0 Å². The average molecular weight is 334 g/mol. The summed E-state index contributed by atoms with van der Waals surface area (Å²) < 4.78 is 0. The smallest absolute Gasteiger partial charge is 0.00392 e. The maximum absolute atomic E-state index is 6.04. The van der Waals surface area contributed by atoms with Crippen molar-refractivity contribution >= 4 is 0 Å². The van der Waals surface area contributed by atoms with Crippen LogP contribution in [0.5, 0.6) is 0 Å². The predicted octanol–water partition coefficient (Wildman–Crippen LogP) is 6.39. The molecule has 25 heavy (non-hydrogen) atoms. The number of hydrogen-bond donors (Lipinski definition) is 1. The van der Waals surface area contributed by atoms with E-state index in [9.17, 15) is 0 Å². The predicted molar refractivity (Wildman–Crippen MR) is 107 cm³/mol. The van der Waals surface area contributed by atoms with Crippen molar-refractivity contribution in [3.05, 3.63) is 59.7 Å². The lowest BCUT2D eigenvalue weighted by molar-refractivity contribution is 0.395. The molecule has 2 aromatic rings. The van der Waals surface area contributed by atoms with Crippen molar-refractivity contribution in [1.29, 1.82) is 0 Å². The molecular formula is C24H31N. The van der Waals surface area contributed by atoms with Crippen molar-refractivity contribution in [1.82, 2.24) is 0 Å². The zero-order chi connectivity index (χ0) is 17.1. The fraction of sp³-hybridized carbons (Fsp3) is 0.500. The maximum atomic E-state index is 6.04. The van der Waals surface area contributed by atoms with Gasteiger partial charge in [-0.05, 0) is 72.6 Å². The second kappa shape index (κ2) is 7.74. The first kappa shape index (κ1) is 16.8. The third-order valence-electron chi connectivity index (χ3n) is 6.47. The molecule has 0 amide bonds. The summed E-state index contributed by atoms with van der Waals surface area (Å²) in [5.74, 6) is 1.50. The van der Waals surface area contributed by atoms with Gasteiger partial charge in [-0.3, -0.25) is 0 Å². The molecule has 0 saturated heterocycles. The summed E-state index contributed by atoms with van der Waals surface area (Å²) in [4.78, 5) is 0. The molecule has 0 radical (unpaired) electrons. The van der Waals surface area contributed by atoms with Crippen LogP contribution in [0.15, 0.2) is 48.5 Å². The lowest BCUT2D eigenvalue weighted by atomic mass is 9.81. The Kier molecular flexibility index (Phi) is 5.22. The minimum Gasteiger partial charge on any atom is -0.328 e. The fourth-order valence-corrected chi connectivity index (χ4v) is 4.78. The molecule has 0 aliphatic heterocycles. The highest BCUT2D eigenvalue weighted by Crippen LogP contribution is 2.35. The fourth-order valence-electron chi connectivity index (χ4n) is 4.78. The van der Waals surface area contributed by atoms with Gasteiger partial charge in [0.05, 0.1) is 0 Å². The molecule has 2 N–H and O–H groups in total. The lowest BCUT2D eigenvalue weighted by Gasteiger charge is -2.26. The Balaban J connectivity index is 1.44. The Morgan fingerprint density at radius 2 is 0.960 bits per heavy atom. The van der Waals surface area contributed by atoms with E-state index in [1.165, 1.54) is 74.5 Å². The monoisotopic (exact) mass is 333 g/mol. The summed E-state index contributed by atoms with van der Waals surface area (Å²) in [6.45, 7) is 0. The molecule has 2 saturated carbocycles. The van der Waals surface area contributed by atoms with Gasteiger partial charge in [-0.2, -0.15) is 0 Å². The molecule has 0 bridgehead atoms. The highest BCUT2D eigenvalue weighted by molar-refractivity contribution is 5.64. The maximum Gasteiger partial charge on any atom is 0.00392 e. The van der Waals surface area contributed by atoms with E-state index in [0.29, 0.717) is 12.0 Å². The SMILES string of the molecule is NC1CCC(c2ccc(-c3ccc(C4CCCCC4)cc3)cc2)CC1. The van der Waals surface area contributed by atoms with E-state index in [-0.39, 0.29) is 0 Å². The summed E-state index contributed by atoms with van der Waals surface area (Å²) in [6.07, 6.45) is 11.8. The van der Waals surface area contributed by atoms with Crippen molar-refractivity contribution in [2.24, 2.45) is 5.73 Å². The van der Waals surface area contributed by atoms with Crippen LogP contribution in [0.3, 0.4) is 0 Å². The molecule has 2 aliphatic rings. The Morgan fingerprint density at radius 1 is 0.520 bits per heavy atom. The summed E-state index contributed by atoms with van der Waals surface area (Å²) >= 11 is 0. The molecule has 0 unspecified atom stereocenters. The van der Waals surface area contributed by atoms with Crippen molar-refractivity contribution < 1.29 is 0 Å². The zero-order valence-electron chi connectivity index (χ0n) is 15.3. The van der Waals surface area contributed by atoms with E-state index < -0.39 is 0 Å². The molecule has 4 rings (SSSR count). The second-order valence-electron chi connectivity index (χ2n) is 8.19. The van der Waals surface area contributed by atoms with Gasteiger partial charge in [-0.25, -0.2) is 0 Å². The molecule has 1 heteroatoms. The molecular weight excluding hydrogens is 302 g/mol. The first-order valence-electron chi connectivity index (χ1n) is 10.3. The standard InChI is InChI=1S/C24H31N/c25-24-16-14-23(15-17-24)22-12-10-21(11-13-22)20-8-6-19(7-9-20)18-4-2-1-3-5-18/h6-13,18,23-24H,1-5,14-17,25H2. The van der Waals surface area contributed by atoms with Crippen LogP contribution in [0.1, 0.15) is 80.8 Å². The number of nitrogens with two attached hydrogens (primary N) is 1. The Hall–Kier alpha value is -1.60. The normalized spacial score (nSPS) is 25.0. The molecule has 0 spiro atoms. The third kappa shape index (κ3) is 3.98. The highest BCUT2D eigenvalue weighted by Gasteiger charge is 2.20. The number of benzene rings is 2. The molecule has 0 atom stereocenters. The van der Waals surface area contributed by atoms with Crippen molar-refractivity contribution in [3.8, 4) is 11.1 Å². The largest absolute Gasteiger partial charge is 0.328 e. The minimum absolute atomic E-state index is 0.429. The molecule has 1 nitrogen and oxygen atoms in total. The molecule has 2 aliphatic carbocycles. The molecule has 2 fully saturated rings. The molecule has 0 heterocycles. The van der Waals surface area contributed by atoms with Gasteiger partial charge in [0.25, 0.3) is 0 Å². The van der Waals surface area contributed by atoms with Crippen molar-refractivity contribution in [2.45, 2.75) is 75.7 Å². The van der Waals surface area contributed by atoms with Gasteiger partial charge < -0.3 is 5.73 Å². The second-order valence-corrected chi connectivity index (χ2v) is 8.19. The van der Waals surface area contributed by atoms with Crippen LogP contribution in [-0.4, -0.2) is 6.04 Å². The number of rotatable bonds is 3. The van der Waals surface area contributed by atoms with Crippen LogP contribution in [0.25, 0.3) is 11.1 Å². The van der Waals surface area contributed by atoms with Gasteiger partial charge in [0, 0.05) is 6.04 Å². The molecule has 0 aromatic heterocycles. The van der Waals surface area contributed by atoms with E-state index in [2.05, 4.69) is 48.5 Å². The zero-order valence-corrected chi connectivity index (χ0v) is 15.3. The summed E-state index contributed by atoms with van der Waals surface area (Å²) in [7, 11) is 0. The topological polar surface area (TPSA) is 26.0 Å².